The molecule has 1 aromatic heterocycles. The fourth-order valence-corrected chi connectivity index (χ4v) is 2.19. The van der Waals surface area contributed by atoms with Gasteiger partial charge >= 0.3 is 5.97 Å². The van der Waals surface area contributed by atoms with Crippen LogP contribution in [-0.4, -0.2) is 28.8 Å². The quantitative estimate of drug-likeness (QED) is 0.446. The van der Waals surface area contributed by atoms with Gasteiger partial charge in [-0.1, -0.05) is 35.0 Å². The van der Waals surface area contributed by atoms with Crippen molar-refractivity contribution in [3.05, 3.63) is 40.0 Å². The third-order valence-corrected chi connectivity index (χ3v) is 3.62. The number of esters is 1. The molecule has 0 aliphatic carbocycles. The largest absolute Gasteiger partial charge is 0.462 e. The van der Waals surface area contributed by atoms with E-state index in [1.807, 2.05) is 6.26 Å². The highest BCUT2D eigenvalue weighted by Gasteiger charge is 2.19. The van der Waals surface area contributed by atoms with Gasteiger partial charge in [-0.2, -0.15) is 4.98 Å². The van der Waals surface area contributed by atoms with Gasteiger partial charge in [0.05, 0.1) is 11.6 Å². The summed E-state index contributed by atoms with van der Waals surface area (Å²) >= 11 is 13.3. The van der Waals surface area contributed by atoms with Crippen LogP contribution in [0.15, 0.2) is 29.6 Å². The van der Waals surface area contributed by atoms with Gasteiger partial charge in [0.1, 0.15) is 11.3 Å². The van der Waals surface area contributed by atoms with Crippen LogP contribution in [-0.2, 0) is 4.74 Å². The lowest BCUT2D eigenvalue weighted by Gasteiger charge is -2.11. The molecule has 8 heteroatoms. The summed E-state index contributed by atoms with van der Waals surface area (Å²) in [5, 5.41) is 1.26. The lowest BCUT2D eigenvalue weighted by atomic mass is 10.3. The van der Waals surface area contributed by atoms with Crippen LogP contribution < -0.4 is 4.74 Å². The van der Waals surface area contributed by atoms with Crippen LogP contribution in [0.25, 0.3) is 0 Å². The van der Waals surface area contributed by atoms with Crippen molar-refractivity contribution >= 4 is 40.9 Å². The highest BCUT2D eigenvalue weighted by atomic mass is 35.5. The van der Waals surface area contributed by atoms with Crippen LogP contribution in [0.5, 0.6) is 11.6 Å². The predicted molar refractivity (Wildman–Crippen MR) is 86.3 cm³/mol. The molecule has 0 bridgehead atoms. The summed E-state index contributed by atoms with van der Waals surface area (Å²) < 4.78 is 10.6. The molecule has 0 saturated heterocycles. The van der Waals surface area contributed by atoms with E-state index in [-0.39, 0.29) is 18.1 Å². The average molecular weight is 359 g/mol. The first-order valence-electron chi connectivity index (χ1n) is 6.26. The zero-order valence-electron chi connectivity index (χ0n) is 11.8. The second-order valence-corrected chi connectivity index (χ2v) is 5.59. The number of ether oxygens (including phenoxy) is 2. The van der Waals surface area contributed by atoms with E-state index < -0.39 is 5.97 Å². The number of hydrogen-bond donors (Lipinski definition) is 0. The zero-order chi connectivity index (χ0) is 16.1. The lowest BCUT2D eigenvalue weighted by molar-refractivity contribution is 0.0522. The first-order valence-corrected chi connectivity index (χ1v) is 8.24. The molecule has 1 heterocycles. The predicted octanol–water partition coefficient (Wildman–Crippen LogP) is 4.47. The average Bonchev–Trinajstić information content (AvgIpc) is 2.51. The Morgan fingerprint density at radius 3 is 2.82 bits per heavy atom. The second-order valence-electron chi connectivity index (χ2n) is 3.97. The molecular formula is C14H12Cl2N2O3S. The molecule has 5 nitrogen and oxygen atoms in total. The van der Waals surface area contributed by atoms with Crippen molar-refractivity contribution in [2.24, 2.45) is 0 Å². The number of aromatic nitrogens is 2. The van der Waals surface area contributed by atoms with Gasteiger partial charge in [-0.25, -0.2) is 9.78 Å². The van der Waals surface area contributed by atoms with Gasteiger partial charge in [0.15, 0.2) is 5.16 Å². The van der Waals surface area contributed by atoms with Crippen molar-refractivity contribution in [2.45, 2.75) is 12.1 Å². The van der Waals surface area contributed by atoms with Gasteiger partial charge in [0, 0.05) is 17.3 Å². The molecule has 0 aliphatic rings. The van der Waals surface area contributed by atoms with Crippen molar-refractivity contribution in [3.8, 4) is 11.6 Å². The molecule has 0 N–H and O–H groups in total. The van der Waals surface area contributed by atoms with Crippen molar-refractivity contribution in [3.63, 3.8) is 0 Å². The standard InChI is InChI=1S/C14H12Cl2N2O3S/c1-3-20-13(19)9-7-17-14(22-2)18-12(9)21-11-6-8(15)4-5-10(11)16/h4-7H,3H2,1-2H3. The monoisotopic (exact) mass is 358 g/mol. The van der Waals surface area contributed by atoms with E-state index in [0.717, 1.165) is 0 Å². The molecule has 22 heavy (non-hydrogen) atoms. The van der Waals surface area contributed by atoms with Crippen LogP contribution in [0.2, 0.25) is 10.0 Å². The number of benzene rings is 1. The minimum atomic E-state index is -0.566. The third kappa shape index (κ3) is 4.03. The minimum Gasteiger partial charge on any atom is -0.462 e. The molecule has 116 valence electrons. The fraction of sp³-hybridized carbons (Fsp3) is 0.214. The number of halogens is 2. The van der Waals surface area contributed by atoms with Gasteiger partial charge in [0.25, 0.3) is 0 Å². The van der Waals surface area contributed by atoms with E-state index in [9.17, 15) is 4.79 Å². The Labute approximate surface area is 142 Å². The van der Waals surface area contributed by atoms with E-state index in [4.69, 9.17) is 32.7 Å². The smallest absolute Gasteiger partial charge is 0.345 e. The SMILES string of the molecule is CCOC(=O)c1cnc(SC)nc1Oc1cc(Cl)ccc1Cl. The van der Waals surface area contributed by atoms with Crippen molar-refractivity contribution in [2.75, 3.05) is 12.9 Å². The normalized spacial score (nSPS) is 10.4. The van der Waals surface area contributed by atoms with Crippen molar-refractivity contribution in [1.82, 2.24) is 9.97 Å². The third-order valence-electron chi connectivity index (χ3n) is 2.51. The molecule has 0 atom stereocenters. The van der Waals surface area contributed by atoms with E-state index in [0.29, 0.717) is 21.0 Å². The summed E-state index contributed by atoms with van der Waals surface area (Å²) in [7, 11) is 0. The van der Waals surface area contributed by atoms with E-state index in [1.165, 1.54) is 18.0 Å². The summed E-state index contributed by atoms with van der Waals surface area (Å²) in [4.78, 5) is 20.2. The minimum absolute atomic E-state index is 0.0713. The summed E-state index contributed by atoms with van der Waals surface area (Å²) in [5.74, 6) is -0.198. The van der Waals surface area contributed by atoms with Gasteiger partial charge in [-0.15, -0.1) is 0 Å². The Kier molecular flexibility index (Phi) is 5.88. The Morgan fingerprint density at radius 1 is 1.36 bits per heavy atom. The first kappa shape index (κ1) is 16.9. The summed E-state index contributed by atoms with van der Waals surface area (Å²) in [6.07, 6.45) is 3.18. The van der Waals surface area contributed by atoms with Gasteiger partial charge in [0.2, 0.25) is 5.88 Å². The number of hydrogen-bond acceptors (Lipinski definition) is 6. The molecule has 0 aliphatic heterocycles. The number of carbonyl (C=O) groups is 1. The van der Waals surface area contributed by atoms with Crippen LogP contribution in [0.3, 0.4) is 0 Å². The van der Waals surface area contributed by atoms with E-state index in [2.05, 4.69) is 9.97 Å². The Balaban J connectivity index is 2.42. The molecule has 0 unspecified atom stereocenters. The summed E-state index contributed by atoms with van der Waals surface area (Å²) in [5.41, 5.74) is 0.121. The maximum atomic E-state index is 12.0. The maximum absolute atomic E-state index is 12.0. The van der Waals surface area contributed by atoms with Crippen LogP contribution in [0.1, 0.15) is 17.3 Å². The molecule has 0 fully saturated rings. The molecule has 2 rings (SSSR count). The number of carbonyl (C=O) groups excluding carboxylic acids is 1. The Bertz CT molecular complexity index is 698. The molecular weight excluding hydrogens is 347 g/mol. The van der Waals surface area contributed by atoms with Crippen molar-refractivity contribution < 1.29 is 14.3 Å². The number of nitrogens with zero attached hydrogens (tertiary/aromatic N) is 2. The summed E-state index contributed by atoms with van der Waals surface area (Å²) in [6.45, 7) is 1.95. The van der Waals surface area contributed by atoms with E-state index >= 15 is 0 Å². The topological polar surface area (TPSA) is 61.3 Å². The van der Waals surface area contributed by atoms with Crippen LogP contribution in [0, 0.1) is 0 Å². The highest BCUT2D eigenvalue weighted by molar-refractivity contribution is 7.98. The molecule has 1 aromatic carbocycles. The highest BCUT2D eigenvalue weighted by Crippen LogP contribution is 2.33. The van der Waals surface area contributed by atoms with Crippen molar-refractivity contribution in [1.29, 1.82) is 0 Å². The van der Waals surface area contributed by atoms with Crippen LogP contribution >= 0.6 is 35.0 Å². The van der Waals surface area contributed by atoms with E-state index in [1.54, 1.807) is 25.1 Å². The molecule has 0 spiro atoms. The maximum Gasteiger partial charge on any atom is 0.345 e. The fourth-order valence-electron chi connectivity index (χ4n) is 1.54. The van der Waals surface area contributed by atoms with Gasteiger partial charge in [-0.3, -0.25) is 0 Å². The number of thioether (sulfide) groups is 1. The number of rotatable bonds is 5. The van der Waals surface area contributed by atoms with Gasteiger partial charge < -0.3 is 9.47 Å². The molecule has 0 radical (unpaired) electrons. The molecule has 0 amide bonds. The second kappa shape index (κ2) is 7.67. The molecule has 0 saturated carbocycles. The zero-order valence-corrected chi connectivity index (χ0v) is 14.1. The lowest BCUT2D eigenvalue weighted by Crippen LogP contribution is -2.09. The molecule has 2 aromatic rings. The summed E-state index contributed by atoms with van der Waals surface area (Å²) in [6, 6.07) is 4.77. The Hall–Kier alpha value is -1.50. The van der Waals surface area contributed by atoms with Gasteiger partial charge in [-0.05, 0) is 25.3 Å². The first-order chi connectivity index (χ1) is 10.5. The Morgan fingerprint density at radius 2 is 2.14 bits per heavy atom. The van der Waals surface area contributed by atoms with Crippen LogP contribution in [0.4, 0.5) is 0 Å².